The molecule has 0 fully saturated rings. The van der Waals surface area contributed by atoms with E-state index in [0.717, 1.165) is 0 Å². The van der Waals surface area contributed by atoms with Crippen LogP contribution in [0.25, 0.3) is 58.8 Å². The molecule has 0 radical (unpaired) electrons. The Balaban J connectivity index is 1.02. The van der Waals surface area contributed by atoms with Crippen LogP contribution in [0.2, 0.25) is 0 Å². The molecule has 2 heterocycles. The number of benzene rings is 10. The largest absolute Gasteiger partial charge is 0.309 e. The molecule has 0 amide bonds. The quantitative estimate of drug-likeness (QED) is 0.116. The molecule has 15 rings (SSSR count). The van der Waals surface area contributed by atoms with Gasteiger partial charge in [-0.1, -0.05) is 206 Å². The van der Waals surface area contributed by atoms with Crippen molar-refractivity contribution in [3.8, 4) is 16.8 Å². The smallest absolute Gasteiger partial charge is 0.179 e. The van der Waals surface area contributed by atoms with Gasteiger partial charge in [0.25, 0.3) is 0 Å². The Morgan fingerprint density at radius 3 is 1.65 bits per heavy atom. The molecular formula is C62H41NSSi. The van der Waals surface area contributed by atoms with Gasteiger partial charge in [0, 0.05) is 48.5 Å². The first-order valence-corrected chi connectivity index (χ1v) is 25.6. The highest BCUT2D eigenvalue weighted by Gasteiger charge is 2.44. The predicted molar refractivity (Wildman–Crippen MR) is 277 cm³/mol. The summed E-state index contributed by atoms with van der Waals surface area (Å²) in [5.74, 6) is 0.404. The van der Waals surface area contributed by atoms with Crippen LogP contribution < -0.4 is 20.7 Å². The van der Waals surface area contributed by atoms with Crippen LogP contribution in [-0.2, 0) is 0 Å². The Morgan fingerprint density at radius 1 is 0.369 bits per heavy atom. The molecule has 2 aromatic heterocycles. The minimum absolute atomic E-state index is 0.179. The maximum absolute atomic E-state index is 2.97. The molecule has 0 atom stereocenters. The lowest BCUT2D eigenvalue weighted by molar-refractivity contribution is 0.761. The average Bonchev–Trinajstić information content (AvgIpc) is 3.94. The van der Waals surface area contributed by atoms with E-state index in [1.807, 2.05) is 11.3 Å². The van der Waals surface area contributed by atoms with Crippen LogP contribution >= 0.6 is 11.3 Å². The molecule has 0 spiro atoms. The highest BCUT2D eigenvalue weighted by atomic mass is 32.1. The van der Waals surface area contributed by atoms with E-state index in [2.05, 4.69) is 241 Å². The van der Waals surface area contributed by atoms with Crippen LogP contribution in [0.3, 0.4) is 0 Å². The number of nitrogens with zero attached hydrogens (tertiary/aromatic N) is 1. The van der Waals surface area contributed by atoms with Gasteiger partial charge in [-0.25, -0.2) is 0 Å². The van der Waals surface area contributed by atoms with E-state index in [4.69, 9.17) is 0 Å². The summed E-state index contributed by atoms with van der Waals surface area (Å²) < 4.78 is 5.23. The molecule has 1 nitrogen and oxygen atoms in total. The average molecular weight is 860 g/mol. The summed E-state index contributed by atoms with van der Waals surface area (Å²) in [7, 11) is -2.97. The Labute approximate surface area is 383 Å². The first-order chi connectivity index (χ1) is 32.3. The molecule has 2 bridgehead atoms. The molecule has 3 aliphatic carbocycles. The van der Waals surface area contributed by atoms with Gasteiger partial charge in [0.05, 0.1) is 11.0 Å². The van der Waals surface area contributed by atoms with Gasteiger partial charge in [0.2, 0.25) is 0 Å². The zero-order valence-corrected chi connectivity index (χ0v) is 37.3. The van der Waals surface area contributed by atoms with Gasteiger partial charge >= 0.3 is 0 Å². The van der Waals surface area contributed by atoms with E-state index >= 15 is 0 Å². The van der Waals surface area contributed by atoms with Crippen LogP contribution in [0.4, 0.5) is 0 Å². The third-order valence-electron chi connectivity index (χ3n) is 14.7. The number of hydrogen-bond acceptors (Lipinski definition) is 1. The van der Waals surface area contributed by atoms with E-state index in [-0.39, 0.29) is 11.8 Å². The fraction of sp³-hybridized carbons (Fsp3) is 0.0323. The number of aromatic nitrogens is 1. The van der Waals surface area contributed by atoms with E-state index in [1.165, 1.54) is 113 Å². The van der Waals surface area contributed by atoms with Crippen molar-refractivity contribution in [3.05, 3.63) is 270 Å². The number of rotatable bonds is 6. The molecular weight excluding hydrogens is 819 g/mol. The van der Waals surface area contributed by atoms with Gasteiger partial charge in [-0.15, -0.1) is 11.3 Å². The Hall–Kier alpha value is -7.56. The van der Waals surface area contributed by atoms with Crippen LogP contribution in [-0.4, -0.2) is 12.6 Å². The maximum Gasteiger partial charge on any atom is 0.179 e. The highest BCUT2D eigenvalue weighted by Crippen LogP contribution is 2.58. The third-order valence-corrected chi connectivity index (χ3v) is 20.7. The van der Waals surface area contributed by atoms with Crippen LogP contribution in [0.5, 0.6) is 0 Å². The summed E-state index contributed by atoms with van der Waals surface area (Å²) in [6.45, 7) is 0. The summed E-state index contributed by atoms with van der Waals surface area (Å²) in [5.41, 5.74) is 14.9. The summed E-state index contributed by atoms with van der Waals surface area (Å²) in [4.78, 5) is 0. The first-order valence-electron chi connectivity index (χ1n) is 22.7. The van der Waals surface area contributed by atoms with Gasteiger partial charge in [0.15, 0.2) is 8.07 Å². The number of fused-ring (bicyclic) bond motifs is 6. The lowest BCUT2D eigenvalue weighted by Crippen LogP contribution is -2.74. The van der Waals surface area contributed by atoms with Crippen molar-refractivity contribution in [2.24, 2.45) is 0 Å². The lowest BCUT2D eigenvalue weighted by Gasteiger charge is -2.42. The fourth-order valence-electron chi connectivity index (χ4n) is 12.1. The molecule has 65 heavy (non-hydrogen) atoms. The molecule has 10 aromatic carbocycles. The van der Waals surface area contributed by atoms with Crippen molar-refractivity contribution in [1.82, 2.24) is 4.57 Å². The van der Waals surface area contributed by atoms with Gasteiger partial charge in [0.1, 0.15) is 0 Å². The van der Waals surface area contributed by atoms with Crippen LogP contribution in [0.1, 0.15) is 45.2 Å². The minimum Gasteiger partial charge on any atom is -0.309 e. The molecule has 0 N–H and O–H groups in total. The normalized spacial score (nSPS) is 15.1. The fourth-order valence-corrected chi connectivity index (χ4v) is 18.2. The SMILES string of the molecule is c1ccc([Si](c2ccccc2)(c2cccc(-c3cccc4c3sc3ccccc34)c2)c2cccc(-n3c4ccccc4c4c5c(ccc43)C3c4ccccc4C5c4ccccc43)c2)cc1. The lowest BCUT2D eigenvalue weighted by atomic mass is 9.60. The molecule has 3 aliphatic rings. The zero-order valence-electron chi connectivity index (χ0n) is 35.5. The molecule has 0 unspecified atom stereocenters. The number of thiophene rings is 1. The molecule has 12 aromatic rings. The molecule has 3 heteroatoms. The Kier molecular flexibility index (Phi) is 8.07. The minimum atomic E-state index is -2.97. The summed E-state index contributed by atoms with van der Waals surface area (Å²) >= 11 is 1.90. The monoisotopic (exact) mass is 859 g/mol. The third kappa shape index (κ3) is 5.19. The Morgan fingerprint density at radius 2 is 0.923 bits per heavy atom. The van der Waals surface area contributed by atoms with Gasteiger partial charge in [-0.3, -0.25) is 0 Å². The standard InChI is InChI=1S/C62H41NSSi/c1-3-20-42(21-4-1)65(43-22-5-2-6-23-43,44-24-15-18-40(38-44)46-32-17-33-52-47-26-12-14-35-57(47)64-62(46)52)45-25-16-19-41(39-45)63-55-34-13-11-31-53(55)60-56(63)37-36-54-58-48-27-7-9-29-50(48)59(61(54)60)51-30-10-8-28-49(51)58/h1-39,58-59H. The molecule has 0 saturated heterocycles. The second kappa shape index (κ2) is 14.2. The first kappa shape index (κ1) is 36.9. The molecule has 304 valence electrons. The second-order valence-electron chi connectivity index (χ2n) is 17.8. The van der Waals surface area contributed by atoms with Crippen molar-refractivity contribution >= 4 is 82.1 Å². The van der Waals surface area contributed by atoms with E-state index < -0.39 is 8.07 Å². The maximum atomic E-state index is 2.56. The van der Waals surface area contributed by atoms with E-state index in [9.17, 15) is 0 Å². The predicted octanol–water partition coefficient (Wildman–Crippen LogP) is 13.2. The van der Waals surface area contributed by atoms with Crippen LogP contribution in [0.15, 0.2) is 237 Å². The van der Waals surface area contributed by atoms with Gasteiger partial charge in [-0.2, -0.15) is 0 Å². The Bertz CT molecular complexity index is 3770. The van der Waals surface area contributed by atoms with Crippen molar-refractivity contribution in [3.63, 3.8) is 0 Å². The van der Waals surface area contributed by atoms with Gasteiger partial charge in [-0.05, 0) is 95.6 Å². The van der Waals surface area contributed by atoms with Crippen molar-refractivity contribution < 1.29 is 0 Å². The zero-order chi connectivity index (χ0) is 42.6. The summed E-state index contributed by atoms with van der Waals surface area (Å²) in [6, 6.07) is 89.9. The number of para-hydroxylation sites is 1. The van der Waals surface area contributed by atoms with E-state index in [1.54, 1.807) is 0 Å². The van der Waals surface area contributed by atoms with Crippen molar-refractivity contribution in [1.29, 1.82) is 0 Å². The molecule has 0 aliphatic heterocycles. The second-order valence-corrected chi connectivity index (χ2v) is 22.7. The summed E-state index contributed by atoms with van der Waals surface area (Å²) in [6.07, 6.45) is 0. The topological polar surface area (TPSA) is 4.93 Å². The van der Waals surface area contributed by atoms with Crippen LogP contribution in [0, 0.1) is 0 Å². The molecule has 0 saturated carbocycles. The summed E-state index contributed by atoms with van der Waals surface area (Å²) in [5, 5.41) is 10.8. The van der Waals surface area contributed by atoms with E-state index in [0.29, 0.717) is 0 Å². The number of hydrogen-bond donors (Lipinski definition) is 0. The van der Waals surface area contributed by atoms with Crippen molar-refractivity contribution in [2.45, 2.75) is 11.8 Å². The highest BCUT2D eigenvalue weighted by molar-refractivity contribution is 7.26. The van der Waals surface area contributed by atoms with Gasteiger partial charge < -0.3 is 4.57 Å². The van der Waals surface area contributed by atoms with Crippen molar-refractivity contribution in [2.75, 3.05) is 0 Å².